The third kappa shape index (κ3) is 2.36. The molecule has 0 radical (unpaired) electrons. The summed E-state index contributed by atoms with van der Waals surface area (Å²) in [7, 11) is 4.78. The van der Waals surface area contributed by atoms with Crippen molar-refractivity contribution in [2.45, 2.75) is 0 Å². The molecule has 0 atom stereocenters. The Hall–Kier alpha value is -2.02. The van der Waals surface area contributed by atoms with Gasteiger partial charge in [-0.25, -0.2) is 4.79 Å². The van der Waals surface area contributed by atoms with Crippen LogP contribution in [-0.4, -0.2) is 35.1 Å². The highest BCUT2D eigenvalue weighted by molar-refractivity contribution is 9.10. The van der Waals surface area contributed by atoms with Crippen molar-refractivity contribution in [1.29, 1.82) is 0 Å². The van der Waals surface area contributed by atoms with Crippen molar-refractivity contribution in [3.8, 4) is 22.8 Å². The number of nitrogens with zero attached hydrogens (tertiary/aromatic N) is 2. The van der Waals surface area contributed by atoms with Crippen LogP contribution in [0.25, 0.3) is 11.3 Å². The van der Waals surface area contributed by atoms with Crippen molar-refractivity contribution in [1.82, 2.24) is 9.78 Å². The van der Waals surface area contributed by atoms with Crippen LogP contribution < -0.4 is 9.47 Å². The first-order chi connectivity index (χ1) is 9.49. The van der Waals surface area contributed by atoms with Gasteiger partial charge in [0.25, 0.3) is 0 Å². The average Bonchev–Trinajstić information content (AvgIpc) is 2.80. The monoisotopic (exact) mass is 340 g/mol. The molecule has 7 heteroatoms. The molecule has 0 bridgehead atoms. The largest absolute Gasteiger partial charge is 0.495 e. The van der Waals surface area contributed by atoms with E-state index in [0.717, 1.165) is 5.56 Å². The van der Waals surface area contributed by atoms with Gasteiger partial charge in [-0.2, -0.15) is 5.10 Å². The van der Waals surface area contributed by atoms with Gasteiger partial charge in [-0.05, 0) is 34.1 Å². The maximum absolute atomic E-state index is 11.0. The van der Waals surface area contributed by atoms with Crippen molar-refractivity contribution in [2.75, 3.05) is 14.2 Å². The van der Waals surface area contributed by atoms with E-state index in [4.69, 9.17) is 14.6 Å². The lowest BCUT2D eigenvalue weighted by Gasteiger charge is -2.13. The lowest BCUT2D eigenvalue weighted by molar-refractivity contribution is 0.0689. The molecule has 6 nitrogen and oxygen atoms in total. The molecule has 1 heterocycles. The van der Waals surface area contributed by atoms with Gasteiger partial charge in [-0.1, -0.05) is 0 Å². The summed E-state index contributed by atoms with van der Waals surface area (Å²) in [5.74, 6) is 0.119. The van der Waals surface area contributed by atoms with Gasteiger partial charge < -0.3 is 14.6 Å². The number of rotatable bonds is 4. The lowest BCUT2D eigenvalue weighted by atomic mass is 10.1. The van der Waals surface area contributed by atoms with E-state index in [9.17, 15) is 4.79 Å². The van der Waals surface area contributed by atoms with Gasteiger partial charge in [0.15, 0.2) is 5.69 Å². The van der Waals surface area contributed by atoms with Crippen LogP contribution in [0.1, 0.15) is 10.5 Å². The van der Waals surface area contributed by atoms with Gasteiger partial charge in [0.2, 0.25) is 0 Å². The maximum Gasteiger partial charge on any atom is 0.356 e. The van der Waals surface area contributed by atoms with E-state index in [-0.39, 0.29) is 5.69 Å². The highest BCUT2D eigenvalue weighted by Crippen LogP contribution is 2.41. The highest BCUT2D eigenvalue weighted by atomic mass is 79.9. The fourth-order valence-electron chi connectivity index (χ4n) is 1.92. The Morgan fingerprint density at radius 1 is 1.35 bits per heavy atom. The number of aromatic carboxylic acids is 1. The zero-order chi connectivity index (χ0) is 14.9. The van der Waals surface area contributed by atoms with Crippen LogP contribution in [-0.2, 0) is 7.05 Å². The van der Waals surface area contributed by atoms with Crippen molar-refractivity contribution in [3.63, 3.8) is 0 Å². The van der Waals surface area contributed by atoms with E-state index in [1.165, 1.54) is 17.9 Å². The second kappa shape index (κ2) is 5.54. The smallest absolute Gasteiger partial charge is 0.356 e. The SMILES string of the molecule is COc1ccc(-c2cc(C(=O)O)nn2C)c(OC)c1Br. The number of carboxylic acids is 1. The number of hydrogen-bond donors (Lipinski definition) is 1. The van der Waals surface area contributed by atoms with Gasteiger partial charge in [0, 0.05) is 12.6 Å². The number of hydrogen-bond acceptors (Lipinski definition) is 4. The fourth-order valence-corrected chi connectivity index (χ4v) is 2.59. The number of aromatic nitrogens is 2. The third-order valence-corrected chi connectivity index (χ3v) is 3.61. The standard InChI is InChI=1S/C13H13BrN2O4/c1-16-9(6-8(15-16)13(17)18)7-4-5-10(19-2)11(14)12(7)20-3/h4-6H,1-3H3,(H,17,18). The Bertz CT molecular complexity index is 667. The van der Waals surface area contributed by atoms with Crippen LogP contribution in [0.4, 0.5) is 0 Å². The molecule has 2 aromatic rings. The first-order valence-electron chi connectivity index (χ1n) is 5.67. The second-order valence-corrected chi connectivity index (χ2v) is 4.80. The maximum atomic E-state index is 11.0. The summed E-state index contributed by atoms with van der Waals surface area (Å²) in [6.07, 6.45) is 0. The Morgan fingerprint density at radius 3 is 2.55 bits per heavy atom. The Balaban J connectivity index is 2.63. The van der Waals surface area contributed by atoms with E-state index >= 15 is 0 Å². The van der Waals surface area contributed by atoms with Crippen LogP contribution in [0.5, 0.6) is 11.5 Å². The molecule has 1 N–H and O–H groups in total. The number of ether oxygens (including phenoxy) is 2. The predicted octanol–water partition coefficient (Wildman–Crippen LogP) is 2.57. The molecule has 0 unspecified atom stereocenters. The Morgan fingerprint density at radius 2 is 2.05 bits per heavy atom. The number of halogens is 1. The minimum Gasteiger partial charge on any atom is -0.495 e. The van der Waals surface area contributed by atoms with Crippen LogP contribution >= 0.6 is 15.9 Å². The van der Waals surface area contributed by atoms with E-state index in [0.29, 0.717) is 21.7 Å². The van der Waals surface area contributed by atoms with E-state index < -0.39 is 5.97 Å². The molecule has 0 aliphatic rings. The van der Waals surface area contributed by atoms with Gasteiger partial charge in [-0.3, -0.25) is 4.68 Å². The number of benzene rings is 1. The molecule has 106 valence electrons. The minimum absolute atomic E-state index is 0.0171. The lowest BCUT2D eigenvalue weighted by Crippen LogP contribution is -2.00. The minimum atomic E-state index is -1.07. The first-order valence-corrected chi connectivity index (χ1v) is 6.47. The molecule has 2 rings (SSSR count). The van der Waals surface area contributed by atoms with E-state index in [1.807, 2.05) is 0 Å². The van der Waals surface area contributed by atoms with Crippen LogP contribution in [0, 0.1) is 0 Å². The highest BCUT2D eigenvalue weighted by Gasteiger charge is 2.19. The number of aryl methyl sites for hydroxylation is 1. The molecule has 1 aromatic heterocycles. The summed E-state index contributed by atoms with van der Waals surface area (Å²) < 4.78 is 12.8. The van der Waals surface area contributed by atoms with Crippen LogP contribution in [0.15, 0.2) is 22.7 Å². The van der Waals surface area contributed by atoms with Gasteiger partial charge >= 0.3 is 5.97 Å². The molecular formula is C13H13BrN2O4. The van der Waals surface area contributed by atoms with Crippen LogP contribution in [0.2, 0.25) is 0 Å². The van der Waals surface area contributed by atoms with Crippen LogP contribution in [0.3, 0.4) is 0 Å². The van der Waals surface area contributed by atoms with Gasteiger partial charge in [0.05, 0.1) is 19.9 Å². The first kappa shape index (κ1) is 14.4. The quantitative estimate of drug-likeness (QED) is 0.925. The zero-order valence-electron chi connectivity index (χ0n) is 11.2. The van der Waals surface area contributed by atoms with E-state index in [2.05, 4.69) is 21.0 Å². The number of carbonyl (C=O) groups is 1. The Labute approximate surface area is 124 Å². The summed E-state index contributed by atoms with van der Waals surface area (Å²) >= 11 is 3.41. The molecule has 0 aliphatic heterocycles. The third-order valence-electron chi connectivity index (χ3n) is 2.86. The molecule has 0 amide bonds. The Kier molecular flexibility index (Phi) is 3.99. The molecule has 1 aromatic carbocycles. The molecule has 0 spiro atoms. The van der Waals surface area contributed by atoms with Gasteiger partial charge in [-0.15, -0.1) is 0 Å². The topological polar surface area (TPSA) is 73.6 Å². The zero-order valence-corrected chi connectivity index (χ0v) is 12.8. The average molecular weight is 341 g/mol. The molecular weight excluding hydrogens is 328 g/mol. The summed E-state index contributed by atoms with van der Waals surface area (Å²) in [4.78, 5) is 11.0. The van der Waals surface area contributed by atoms with E-state index in [1.54, 1.807) is 26.3 Å². The van der Waals surface area contributed by atoms with Crippen molar-refractivity contribution < 1.29 is 19.4 Å². The molecule has 20 heavy (non-hydrogen) atoms. The van der Waals surface area contributed by atoms with Gasteiger partial charge in [0.1, 0.15) is 16.0 Å². The molecule has 0 saturated heterocycles. The van der Waals surface area contributed by atoms with Crippen molar-refractivity contribution in [2.24, 2.45) is 7.05 Å². The predicted molar refractivity (Wildman–Crippen MR) is 76.4 cm³/mol. The van der Waals surface area contributed by atoms with Crippen molar-refractivity contribution in [3.05, 3.63) is 28.4 Å². The number of carboxylic acid groups (broad SMARTS) is 1. The van der Waals surface area contributed by atoms with Crippen molar-refractivity contribution >= 4 is 21.9 Å². The summed E-state index contributed by atoms with van der Waals surface area (Å²) in [5.41, 5.74) is 1.35. The normalized spacial score (nSPS) is 10.4. The summed E-state index contributed by atoms with van der Waals surface area (Å²) in [5, 5.41) is 12.9. The summed E-state index contributed by atoms with van der Waals surface area (Å²) in [6.45, 7) is 0. The molecule has 0 fully saturated rings. The fraction of sp³-hybridized carbons (Fsp3) is 0.231. The molecule has 0 saturated carbocycles. The second-order valence-electron chi connectivity index (χ2n) is 4.01. The molecule has 0 aliphatic carbocycles. The number of methoxy groups -OCH3 is 2. The summed E-state index contributed by atoms with van der Waals surface area (Å²) in [6, 6.07) is 5.07.